The van der Waals surface area contributed by atoms with E-state index in [1.165, 1.54) is 5.56 Å². The molecule has 2 N–H and O–H groups in total. The molecule has 0 bridgehead atoms. The van der Waals surface area contributed by atoms with Crippen LogP contribution >= 0.6 is 12.4 Å². The predicted octanol–water partition coefficient (Wildman–Crippen LogP) is 3.05. The van der Waals surface area contributed by atoms with Crippen LogP contribution in [-0.4, -0.2) is 36.6 Å². The van der Waals surface area contributed by atoms with E-state index < -0.39 is 0 Å². The zero-order chi connectivity index (χ0) is 15.2. The van der Waals surface area contributed by atoms with Crippen molar-refractivity contribution >= 4 is 23.9 Å². The number of halogens is 1. The summed E-state index contributed by atoms with van der Waals surface area (Å²) in [5.41, 5.74) is 8.02. The fourth-order valence-corrected chi connectivity index (χ4v) is 2.12. The molecule has 1 atom stereocenters. The Morgan fingerprint density at radius 3 is 2.32 bits per heavy atom. The van der Waals surface area contributed by atoms with Crippen LogP contribution in [0.15, 0.2) is 48.7 Å². The van der Waals surface area contributed by atoms with Crippen molar-refractivity contribution in [2.45, 2.75) is 19.5 Å². The molecule has 4 nitrogen and oxygen atoms in total. The summed E-state index contributed by atoms with van der Waals surface area (Å²) in [7, 11) is 4.11. The maximum Gasteiger partial charge on any atom is 0.132 e. The highest BCUT2D eigenvalue weighted by molar-refractivity contribution is 5.85. The number of rotatable bonds is 6. The standard InChI is InChI=1S/C17H24N4.ClH/c1-14(11-18)20(2)13-15-9-10-17(19-12-15)21(3)16-7-5-4-6-8-16;/h4-10,12,14H,11,13,18H2,1-3H3;1H. The number of likely N-dealkylation sites (N-methyl/N-ethyl adjacent to an activating group) is 1. The van der Waals surface area contributed by atoms with Crippen LogP contribution in [0.3, 0.4) is 0 Å². The number of anilines is 2. The second-order valence-corrected chi connectivity index (χ2v) is 5.42. The van der Waals surface area contributed by atoms with Crippen LogP contribution in [0.1, 0.15) is 12.5 Å². The van der Waals surface area contributed by atoms with E-state index >= 15 is 0 Å². The first-order valence-corrected chi connectivity index (χ1v) is 7.26. The van der Waals surface area contributed by atoms with Gasteiger partial charge in [0, 0.05) is 38.1 Å². The largest absolute Gasteiger partial charge is 0.329 e. The summed E-state index contributed by atoms with van der Waals surface area (Å²) in [6, 6.07) is 14.8. The Hall–Kier alpha value is -1.62. The summed E-state index contributed by atoms with van der Waals surface area (Å²) in [4.78, 5) is 8.87. The Kier molecular flexibility index (Phi) is 7.32. The normalized spacial score (nSPS) is 11.9. The highest BCUT2D eigenvalue weighted by atomic mass is 35.5. The van der Waals surface area contributed by atoms with Gasteiger partial charge in [-0.1, -0.05) is 24.3 Å². The average molecular weight is 321 g/mol. The highest BCUT2D eigenvalue weighted by Gasteiger charge is 2.09. The van der Waals surface area contributed by atoms with Crippen molar-refractivity contribution in [3.8, 4) is 0 Å². The Labute approximate surface area is 139 Å². The molecule has 5 heteroatoms. The number of hydrogen-bond donors (Lipinski definition) is 1. The number of hydrogen-bond acceptors (Lipinski definition) is 4. The number of para-hydroxylation sites is 1. The van der Waals surface area contributed by atoms with E-state index in [1.807, 2.05) is 31.4 Å². The van der Waals surface area contributed by atoms with E-state index in [4.69, 9.17) is 5.73 Å². The molecular weight excluding hydrogens is 296 g/mol. The number of nitrogens with two attached hydrogens (primary N) is 1. The molecule has 1 unspecified atom stereocenters. The van der Waals surface area contributed by atoms with Crippen molar-refractivity contribution in [3.05, 3.63) is 54.2 Å². The van der Waals surface area contributed by atoms with E-state index in [0.717, 1.165) is 18.1 Å². The van der Waals surface area contributed by atoms with Gasteiger partial charge in [0.05, 0.1) is 0 Å². The third kappa shape index (κ3) is 4.70. The average Bonchev–Trinajstić information content (AvgIpc) is 2.55. The first-order chi connectivity index (χ1) is 10.1. The van der Waals surface area contributed by atoms with Crippen molar-refractivity contribution in [2.75, 3.05) is 25.5 Å². The van der Waals surface area contributed by atoms with E-state index in [9.17, 15) is 0 Å². The third-order valence-corrected chi connectivity index (χ3v) is 3.82. The lowest BCUT2D eigenvalue weighted by atomic mass is 10.2. The van der Waals surface area contributed by atoms with Gasteiger partial charge in [0.15, 0.2) is 0 Å². The molecule has 2 rings (SSSR count). The van der Waals surface area contributed by atoms with Gasteiger partial charge in [0.2, 0.25) is 0 Å². The summed E-state index contributed by atoms with van der Waals surface area (Å²) in [5.74, 6) is 0.944. The summed E-state index contributed by atoms with van der Waals surface area (Å²) in [6.45, 7) is 3.66. The number of benzene rings is 1. The van der Waals surface area contributed by atoms with E-state index in [-0.39, 0.29) is 12.4 Å². The monoisotopic (exact) mass is 320 g/mol. The third-order valence-electron chi connectivity index (χ3n) is 3.82. The van der Waals surface area contributed by atoms with Crippen LogP contribution in [-0.2, 0) is 6.54 Å². The van der Waals surface area contributed by atoms with Crippen LogP contribution in [0, 0.1) is 0 Å². The first-order valence-electron chi connectivity index (χ1n) is 7.26. The Balaban J connectivity index is 0.00000242. The van der Waals surface area contributed by atoms with Gasteiger partial charge >= 0.3 is 0 Å². The zero-order valence-corrected chi connectivity index (χ0v) is 14.3. The van der Waals surface area contributed by atoms with E-state index in [1.54, 1.807) is 0 Å². The van der Waals surface area contributed by atoms with Gasteiger partial charge in [-0.05, 0) is 37.7 Å². The summed E-state index contributed by atoms with van der Waals surface area (Å²) in [6.07, 6.45) is 1.94. The molecule has 0 aliphatic rings. The lowest BCUT2D eigenvalue weighted by molar-refractivity contribution is 0.254. The molecule has 1 heterocycles. The minimum atomic E-state index is 0. The molecule has 0 aliphatic heterocycles. The number of pyridine rings is 1. The molecule has 0 fully saturated rings. The maximum absolute atomic E-state index is 5.69. The predicted molar refractivity (Wildman–Crippen MR) is 96.0 cm³/mol. The smallest absolute Gasteiger partial charge is 0.132 e. The second-order valence-electron chi connectivity index (χ2n) is 5.42. The molecule has 0 amide bonds. The molecule has 0 saturated heterocycles. The summed E-state index contributed by atoms with van der Waals surface area (Å²) >= 11 is 0. The highest BCUT2D eigenvalue weighted by Crippen LogP contribution is 2.21. The van der Waals surface area contributed by atoms with Gasteiger partial charge in [-0.15, -0.1) is 12.4 Å². The molecule has 1 aromatic carbocycles. The quantitative estimate of drug-likeness (QED) is 0.888. The van der Waals surface area contributed by atoms with Gasteiger partial charge in [0.1, 0.15) is 5.82 Å². The van der Waals surface area contributed by atoms with Crippen LogP contribution in [0.4, 0.5) is 11.5 Å². The number of nitrogens with zero attached hydrogens (tertiary/aromatic N) is 3. The van der Waals surface area contributed by atoms with Gasteiger partial charge in [-0.3, -0.25) is 4.90 Å². The zero-order valence-electron chi connectivity index (χ0n) is 13.4. The fraction of sp³-hybridized carbons (Fsp3) is 0.353. The van der Waals surface area contributed by atoms with Crippen LogP contribution < -0.4 is 10.6 Å². The lowest BCUT2D eigenvalue weighted by Gasteiger charge is -2.23. The summed E-state index contributed by atoms with van der Waals surface area (Å²) < 4.78 is 0. The van der Waals surface area contributed by atoms with Gasteiger partial charge in [-0.2, -0.15) is 0 Å². The summed E-state index contributed by atoms with van der Waals surface area (Å²) in [5, 5.41) is 0. The van der Waals surface area contributed by atoms with Crippen molar-refractivity contribution in [2.24, 2.45) is 5.73 Å². The fourth-order valence-electron chi connectivity index (χ4n) is 2.12. The molecule has 120 valence electrons. The minimum absolute atomic E-state index is 0. The van der Waals surface area contributed by atoms with Gasteiger partial charge in [-0.25, -0.2) is 4.98 Å². The molecule has 1 aromatic heterocycles. The Morgan fingerprint density at radius 1 is 1.09 bits per heavy atom. The SMILES string of the molecule is CC(CN)N(C)Cc1ccc(N(C)c2ccccc2)nc1.Cl. The maximum atomic E-state index is 5.69. The molecule has 0 saturated carbocycles. The molecule has 2 aromatic rings. The van der Waals surface area contributed by atoms with Crippen LogP contribution in [0.25, 0.3) is 0 Å². The van der Waals surface area contributed by atoms with Crippen molar-refractivity contribution < 1.29 is 0 Å². The van der Waals surface area contributed by atoms with Gasteiger partial charge < -0.3 is 10.6 Å². The Bertz CT molecular complexity index is 544. The second kappa shape index (κ2) is 8.73. The molecule has 0 radical (unpaired) electrons. The minimum Gasteiger partial charge on any atom is -0.329 e. The van der Waals surface area contributed by atoms with Crippen molar-refractivity contribution in [1.29, 1.82) is 0 Å². The van der Waals surface area contributed by atoms with Gasteiger partial charge in [0.25, 0.3) is 0 Å². The van der Waals surface area contributed by atoms with Crippen LogP contribution in [0.5, 0.6) is 0 Å². The number of aromatic nitrogens is 1. The molecule has 0 spiro atoms. The van der Waals surface area contributed by atoms with Crippen molar-refractivity contribution in [1.82, 2.24) is 9.88 Å². The first kappa shape index (κ1) is 18.4. The van der Waals surface area contributed by atoms with Crippen LogP contribution in [0.2, 0.25) is 0 Å². The van der Waals surface area contributed by atoms with Crippen molar-refractivity contribution in [3.63, 3.8) is 0 Å². The van der Waals surface area contributed by atoms with E-state index in [2.05, 4.69) is 53.0 Å². The topological polar surface area (TPSA) is 45.4 Å². The lowest BCUT2D eigenvalue weighted by Crippen LogP contribution is -2.34. The Morgan fingerprint density at radius 2 is 1.77 bits per heavy atom. The molecular formula is C17H25ClN4. The molecule has 0 aliphatic carbocycles. The molecule has 22 heavy (non-hydrogen) atoms. The van der Waals surface area contributed by atoms with E-state index in [0.29, 0.717) is 12.6 Å².